The number of fused-ring (bicyclic) bond motifs is 1. The van der Waals surface area contributed by atoms with E-state index in [0.717, 1.165) is 26.2 Å². The molecule has 216 valence electrons. The Morgan fingerprint density at radius 3 is 2.49 bits per heavy atom. The van der Waals surface area contributed by atoms with Crippen molar-refractivity contribution in [1.82, 2.24) is 14.8 Å². The second kappa shape index (κ2) is 14.2. The number of hydrogen-bond donors (Lipinski definition) is 2. The van der Waals surface area contributed by atoms with Gasteiger partial charge in [-0.3, -0.25) is 14.7 Å². The van der Waals surface area contributed by atoms with Crippen LogP contribution in [-0.2, 0) is 11.2 Å². The highest BCUT2D eigenvalue weighted by atomic mass is 35.5. The van der Waals surface area contributed by atoms with Gasteiger partial charge in [-0.25, -0.2) is 0 Å². The Balaban J connectivity index is 1.68. The van der Waals surface area contributed by atoms with Crippen LogP contribution in [0.15, 0.2) is 42.5 Å². The van der Waals surface area contributed by atoms with Gasteiger partial charge in [-0.2, -0.15) is 5.26 Å². The lowest BCUT2D eigenvalue weighted by atomic mass is 10.0. The molecule has 1 aromatic heterocycles. The third-order valence-corrected chi connectivity index (χ3v) is 7.19. The van der Waals surface area contributed by atoms with Gasteiger partial charge in [0.15, 0.2) is 0 Å². The molecule has 1 aliphatic rings. The molecule has 2 aromatic carbocycles. The second-order valence-electron chi connectivity index (χ2n) is 9.77. The van der Waals surface area contributed by atoms with Gasteiger partial charge in [-0.05, 0) is 51.6 Å². The number of aryl methyl sites for hydroxylation is 1. The number of rotatable bonds is 11. The van der Waals surface area contributed by atoms with Crippen molar-refractivity contribution in [2.24, 2.45) is 0 Å². The largest absolute Gasteiger partial charge is 0.492 e. The molecule has 1 saturated heterocycles. The molecular formula is C31H37ClN6O3. The number of aromatic nitrogens is 1. The molecule has 0 bridgehead atoms. The first-order valence-corrected chi connectivity index (χ1v) is 14.4. The van der Waals surface area contributed by atoms with Gasteiger partial charge in [0, 0.05) is 55.9 Å². The predicted octanol–water partition coefficient (Wildman–Crippen LogP) is 5.61. The maximum absolute atomic E-state index is 12.9. The Bertz CT molecular complexity index is 1460. The van der Waals surface area contributed by atoms with Gasteiger partial charge in [0.05, 0.1) is 46.4 Å². The molecule has 10 heteroatoms. The molecule has 0 atom stereocenters. The van der Waals surface area contributed by atoms with Crippen LogP contribution in [0.4, 0.5) is 17.1 Å². The van der Waals surface area contributed by atoms with Crippen LogP contribution >= 0.6 is 11.6 Å². The number of nitrogens with zero attached hydrogens (tertiary/aromatic N) is 4. The molecular weight excluding hydrogens is 540 g/mol. The van der Waals surface area contributed by atoms with Crippen LogP contribution in [0.2, 0.25) is 5.02 Å². The summed E-state index contributed by atoms with van der Waals surface area (Å²) in [7, 11) is 2.12. The normalized spacial score (nSPS) is 14.2. The van der Waals surface area contributed by atoms with Gasteiger partial charge in [0.2, 0.25) is 5.91 Å². The molecule has 41 heavy (non-hydrogen) atoms. The van der Waals surface area contributed by atoms with E-state index in [0.29, 0.717) is 81.9 Å². The Kier molecular flexibility index (Phi) is 10.4. The van der Waals surface area contributed by atoms with Crippen LogP contribution < -0.4 is 20.1 Å². The number of amides is 1. The molecule has 1 amide bonds. The number of pyridine rings is 1. The van der Waals surface area contributed by atoms with Gasteiger partial charge >= 0.3 is 0 Å². The fourth-order valence-corrected chi connectivity index (χ4v) is 4.97. The Labute approximate surface area is 246 Å². The van der Waals surface area contributed by atoms with Crippen LogP contribution in [0.3, 0.4) is 0 Å². The Morgan fingerprint density at radius 1 is 1.10 bits per heavy atom. The van der Waals surface area contributed by atoms with Crippen molar-refractivity contribution in [1.29, 1.82) is 5.26 Å². The van der Waals surface area contributed by atoms with Crippen LogP contribution in [0.1, 0.15) is 32.0 Å². The molecule has 9 nitrogen and oxygen atoms in total. The number of carbonyl (C=O) groups excluding carboxylic acids is 1. The molecule has 3 aromatic rings. The minimum absolute atomic E-state index is 0.258. The smallest absolute Gasteiger partial charge is 0.248 e. The highest BCUT2D eigenvalue weighted by Gasteiger charge is 2.19. The number of halogens is 1. The fraction of sp³-hybridized carbons (Fsp3) is 0.387. The zero-order valence-electron chi connectivity index (χ0n) is 24.1. The van der Waals surface area contributed by atoms with E-state index < -0.39 is 0 Å². The summed E-state index contributed by atoms with van der Waals surface area (Å²) in [5, 5.41) is 17.6. The van der Waals surface area contributed by atoms with Gasteiger partial charge in [0.25, 0.3) is 0 Å². The zero-order valence-corrected chi connectivity index (χ0v) is 24.8. The third kappa shape index (κ3) is 7.47. The lowest BCUT2D eigenvalue weighted by Crippen LogP contribution is -2.44. The Morgan fingerprint density at radius 2 is 1.83 bits per heavy atom. The SMILES string of the molecule is CCOc1ccc(Nc2c(C#N)c(CC)nc3cc(OCC)c(NC(=O)/C=C/CN4CCN(C)CC4)cc23)cc1Cl. The summed E-state index contributed by atoms with van der Waals surface area (Å²) in [5.74, 6) is 0.835. The first kappa shape index (κ1) is 30.1. The first-order valence-electron chi connectivity index (χ1n) is 14.0. The van der Waals surface area contributed by atoms with Crippen molar-refractivity contribution in [2.45, 2.75) is 27.2 Å². The summed E-state index contributed by atoms with van der Waals surface area (Å²) in [4.78, 5) is 22.3. The number of hydrogen-bond acceptors (Lipinski definition) is 8. The van der Waals surface area contributed by atoms with Crippen molar-refractivity contribution in [3.63, 3.8) is 0 Å². The summed E-state index contributed by atoms with van der Waals surface area (Å²) in [6, 6.07) is 11.3. The minimum atomic E-state index is -0.258. The standard InChI is InChI=1S/C31H37ClN6O3/c1-5-25-23(20-33)31(34-21-10-11-28(40-6-2)24(32)17-21)22-18-27(29(41-7-3)19-26(22)35-25)36-30(39)9-8-12-38-15-13-37(4)14-16-38/h8-11,17-19H,5-7,12-16H2,1-4H3,(H,34,35)(H,36,39)/b9-8+. The summed E-state index contributed by atoms with van der Waals surface area (Å²) >= 11 is 6.44. The zero-order chi connectivity index (χ0) is 29.4. The van der Waals surface area contributed by atoms with Crippen LogP contribution in [-0.4, -0.2) is 73.7 Å². The number of carbonyl (C=O) groups is 1. The third-order valence-electron chi connectivity index (χ3n) is 6.90. The van der Waals surface area contributed by atoms with Gasteiger partial charge in [-0.1, -0.05) is 24.6 Å². The van der Waals surface area contributed by atoms with Crippen LogP contribution in [0.25, 0.3) is 10.9 Å². The number of likely N-dealkylation sites (N-methyl/N-ethyl adjacent to an activating group) is 1. The maximum Gasteiger partial charge on any atom is 0.248 e. The second-order valence-corrected chi connectivity index (χ2v) is 10.2. The maximum atomic E-state index is 12.9. The van der Waals surface area contributed by atoms with Crippen LogP contribution in [0, 0.1) is 11.3 Å². The quantitative estimate of drug-likeness (QED) is 0.284. The molecule has 0 aliphatic carbocycles. The average molecular weight is 577 g/mol. The molecule has 2 heterocycles. The van der Waals surface area contributed by atoms with E-state index in [4.69, 9.17) is 26.1 Å². The lowest BCUT2D eigenvalue weighted by molar-refractivity contribution is -0.111. The molecule has 0 saturated carbocycles. The van der Waals surface area contributed by atoms with E-state index in [-0.39, 0.29) is 5.91 Å². The monoisotopic (exact) mass is 576 g/mol. The average Bonchev–Trinajstić information content (AvgIpc) is 2.96. The van der Waals surface area contributed by atoms with E-state index in [1.165, 1.54) is 0 Å². The van der Waals surface area contributed by atoms with Crippen molar-refractivity contribution in [3.8, 4) is 17.6 Å². The number of benzene rings is 2. The predicted molar refractivity (Wildman–Crippen MR) is 165 cm³/mol. The topological polar surface area (TPSA) is 103 Å². The molecule has 1 aliphatic heterocycles. The van der Waals surface area contributed by atoms with E-state index >= 15 is 0 Å². The molecule has 0 unspecified atom stereocenters. The molecule has 2 N–H and O–H groups in total. The van der Waals surface area contributed by atoms with E-state index in [1.54, 1.807) is 30.3 Å². The van der Waals surface area contributed by atoms with Gasteiger partial charge in [0.1, 0.15) is 17.6 Å². The molecule has 0 spiro atoms. The molecule has 1 fully saturated rings. The molecule has 0 radical (unpaired) electrons. The lowest BCUT2D eigenvalue weighted by Gasteiger charge is -2.31. The highest BCUT2D eigenvalue weighted by Crippen LogP contribution is 2.38. The summed E-state index contributed by atoms with van der Waals surface area (Å²) in [5.41, 5.74) is 3.50. The minimum Gasteiger partial charge on any atom is -0.492 e. The van der Waals surface area contributed by atoms with Gasteiger partial charge in [-0.15, -0.1) is 0 Å². The number of ether oxygens (including phenoxy) is 2. The van der Waals surface area contributed by atoms with E-state index in [1.807, 2.05) is 32.9 Å². The number of nitriles is 1. The van der Waals surface area contributed by atoms with Gasteiger partial charge < -0.3 is 25.0 Å². The summed E-state index contributed by atoms with van der Waals surface area (Å²) in [6.45, 7) is 11.4. The number of anilines is 3. The van der Waals surface area contributed by atoms with Crippen molar-refractivity contribution in [2.75, 3.05) is 63.6 Å². The highest BCUT2D eigenvalue weighted by molar-refractivity contribution is 6.32. The number of nitrogens with one attached hydrogen (secondary N) is 2. The number of piperazine rings is 1. The Hall–Kier alpha value is -3.84. The van der Waals surface area contributed by atoms with Crippen molar-refractivity contribution in [3.05, 3.63) is 58.8 Å². The first-order chi connectivity index (χ1) is 19.9. The van der Waals surface area contributed by atoms with Crippen LogP contribution in [0.5, 0.6) is 11.5 Å². The summed E-state index contributed by atoms with van der Waals surface area (Å²) in [6.07, 6.45) is 4.00. The van der Waals surface area contributed by atoms with Crippen molar-refractivity contribution < 1.29 is 14.3 Å². The fourth-order valence-electron chi connectivity index (χ4n) is 4.73. The molecule has 4 rings (SSSR count). The van der Waals surface area contributed by atoms with Crippen molar-refractivity contribution >= 4 is 45.5 Å². The van der Waals surface area contributed by atoms with E-state index in [9.17, 15) is 10.1 Å². The summed E-state index contributed by atoms with van der Waals surface area (Å²) < 4.78 is 11.4. The van der Waals surface area contributed by atoms with E-state index in [2.05, 4.69) is 33.6 Å².